The predicted molar refractivity (Wildman–Crippen MR) is 67.6 cm³/mol. The van der Waals surface area contributed by atoms with Crippen molar-refractivity contribution in [1.29, 1.82) is 0 Å². The number of hydrogen-bond donors (Lipinski definition) is 1. The SMILES string of the molecule is CNc1ncc(F)c(Sc2ncccc2Br)n1. The molecule has 17 heavy (non-hydrogen) atoms. The number of hydrogen-bond acceptors (Lipinski definition) is 5. The smallest absolute Gasteiger partial charge is 0.223 e. The van der Waals surface area contributed by atoms with E-state index in [9.17, 15) is 4.39 Å². The van der Waals surface area contributed by atoms with Crippen molar-refractivity contribution in [2.24, 2.45) is 0 Å². The van der Waals surface area contributed by atoms with Crippen LogP contribution in [0.2, 0.25) is 0 Å². The van der Waals surface area contributed by atoms with E-state index in [1.807, 2.05) is 6.07 Å². The standard InChI is InChI=1S/C10H8BrFN4S/c1-13-10-15-5-7(12)9(16-10)17-8-6(11)3-2-4-14-8/h2-5H,1H3,(H,13,15,16). The van der Waals surface area contributed by atoms with Crippen LogP contribution in [0.5, 0.6) is 0 Å². The molecule has 2 aromatic rings. The highest BCUT2D eigenvalue weighted by molar-refractivity contribution is 9.10. The zero-order valence-electron chi connectivity index (χ0n) is 8.82. The average molecular weight is 315 g/mol. The normalized spacial score (nSPS) is 10.3. The van der Waals surface area contributed by atoms with E-state index in [2.05, 4.69) is 36.2 Å². The molecule has 0 fully saturated rings. The van der Waals surface area contributed by atoms with Crippen molar-refractivity contribution in [3.8, 4) is 0 Å². The molecule has 0 saturated heterocycles. The summed E-state index contributed by atoms with van der Waals surface area (Å²) in [6.45, 7) is 0. The first-order valence-corrected chi connectivity index (χ1v) is 6.30. The van der Waals surface area contributed by atoms with Crippen LogP contribution in [-0.4, -0.2) is 22.0 Å². The van der Waals surface area contributed by atoms with Gasteiger partial charge < -0.3 is 5.32 Å². The Morgan fingerprint density at radius 1 is 1.35 bits per heavy atom. The Labute approximate surface area is 110 Å². The largest absolute Gasteiger partial charge is 0.357 e. The summed E-state index contributed by atoms with van der Waals surface area (Å²) in [5.41, 5.74) is 0. The van der Waals surface area contributed by atoms with Crippen molar-refractivity contribution in [2.75, 3.05) is 12.4 Å². The molecule has 88 valence electrons. The van der Waals surface area contributed by atoms with Gasteiger partial charge in [-0.15, -0.1) is 0 Å². The lowest BCUT2D eigenvalue weighted by molar-refractivity contribution is 0.580. The average Bonchev–Trinajstić information content (AvgIpc) is 2.35. The third kappa shape index (κ3) is 2.92. The number of nitrogens with one attached hydrogen (secondary N) is 1. The van der Waals surface area contributed by atoms with Crippen molar-refractivity contribution < 1.29 is 4.39 Å². The van der Waals surface area contributed by atoms with Crippen LogP contribution >= 0.6 is 27.7 Å². The molecule has 0 aromatic carbocycles. The van der Waals surface area contributed by atoms with Crippen LogP contribution in [-0.2, 0) is 0 Å². The molecule has 0 saturated carbocycles. The zero-order valence-corrected chi connectivity index (χ0v) is 11.2. The van der Waals surface area contributed by atoms with Crippen molar-refractivity contribution in [3.63, 3.8) is 0 Å². The van der Waals surface area contributed by atoms with Crippen LogP contribution in [0.4, 0.5) is 10.3 Å². The summed E-state index contributed by atoms with van der Waals surface area (Å²) in [4.78, 5) is 11.9. The summed E-state index contributed by atoms with van der Waals surface area (Å²) in [5, 5.41) is 3.66. The van der Waals surface area contributed by atoms with Crippen LogP contribution < -0.4 is 5.32 Å². The zero-order chi connectivity index (χ0) is 12.3. The van der Waals surface area contributed by atoms with Crippen LogP contribution in [0.1, 0.15) is 0 Å². The van der Waals surface area contributed by atoms with E-state index in [1.54, 1.807) is 19.3 Å². The maximum absolute atomic E-state index is 13.5. The summed E-state index contributed by atoms with van der Waals surface area (Å²) in [5.74, 6) is -0.0903. The van der Waals surface area contributed by atoms with Gasteiger partial charge in [0.05, 0.1) is 10.7 Å². The molecule has 0 spiro atoms. The van der Waals surface area contributed by atoms with E-state index in [1.165, 1.54) is 0 Å². The van der Waals surface area contributed by atoms with Gasteiger partial charge in [-0.2, -0.15) is 0 Å². The van der Waals surface area contributed by atoms with Gasteiger partial charge in [0.1, 0.15) is 10.1 Å². The number of nitrogens with zero attached hydrogens (tertiary/aromatic N) is 3. The van der Waals surface area contributed by atoms with Gasteiger partial charge >= 0.3 is 0 Å². The van der Waals surface area contributed by atoms with Crippen molar-refractivity contribution in [3.05, 3.63) is 34.8 Å². The molecular formula is C10H8BrFN4S. The van der Waals surface area contributed by atoms with Gasteiger partial charge in [-0.3, -0.25) is 0 Å². The van der Waals surface area contributed by atoms with E-state index in [0.717, 1.165) is 22.4 Å². The molecule has 0 radical (unpaired) electrons. The van der Waals surface area contributed by atoms with Crippen molar-refractivity contribution >= 4 is 33.6 Å². The Hall–Kier alpha value is -1.21. The summed E-state index contributed by atoms with van der Waals surface area (Å²) in [6, 6.07) is 3.64. The Morgan fingerprint density at radius 3 is 2.88 bits per heavy atom. The first-order chi connectivity index (χ1) is 8.20. The Morgan fingerprint density at radius 2 is 2.18 bits per heavy atom. The highest BCUT2D eigenvalue weighted by Gasteiger charge is 2.11. The molecule has 0 aliphatic carbocycles. The van der Waals surface area contributed by atoms with Gasteiger partial charge in [0, 0.05) is 13.2 Å². The molecule has 0 amide bonds. The van der Waals surface area contributed by atoms with E-state index in [-0.39, 0.29) is 5.03 Å². The predicted octanol–water partition coefficient (Wildman–Crippen LogP) is 2.97. The molecular weight excluding hydrogens is 307 g/mol. The molecule has 4 nitrogen and oxygen atoms in total. The molecule has 1 N–H and O–H groups in total. The third-order valence-electron chi connectivity index (χ3n) is 1.85. The van der Waals surface area contributed by atoms with Crippen LogP contribution in [0.3, 0.4) is 0 Å². The van der Waals surface area contributed by atoms with Gasteiger partial charge in [-0.05, 0) is 39.8 Å². The number of rotatable bonds is 3. The van der Waals surface area contributed by atoms with Crippen LogP contribution in [0.15, 0.2) is 39.1 Å². The minimum absolute atomic E-state index is 0.240. The molecule has 0 aliphatic rings. The molecule has 2 aromatic heterocycles. The van der Waals surface area contributed by atoms with Gasteiger partial charge in [0.15, 0.2) is 5.82 Å². The lowest BCUT2D eigenvalue weighted by Crippen LogP contribution is -1.99. The first kappa shape index (κ1) is 12.3. The summed E-state index contributed by atoms with van der Waals surface area (Å²) in [6.07, 6.45) is 2.78. The molecule has 0 unspecified atom stereocenters. The summed E-state index contributed by atoms with van der Waals surface area (Å²) >= 11 is 4.50. The van der Waals surface area contributed by atoms with Crippen LogP contribution in [0.25, 0.3) is 0 Å². The number of aromatic nitrogens is 3. The third-order valence-corrected chi connectivity index (χ3v) is 3.75. The Bertz CT molecular complexity index is 537. The molecule has 0 aliphatic heterocycles. The maximum Gasteiger partial charge on any atom is 0.223 e. The van der Waals surface area contributed by atoms with Gasteiger partial charge in [0.2, 0.25) is 5.95 Å². The minimum atomic E-state index is -0.466. The fourth-order valence-electron chi connectivity index (χ4n) is 1.08. The second kappa shape index (κ2) is 5.42. The van der Waals surface area contributed by atoms with E-state index < -0.39 is 5.82 Å². The highest BCUT2D eigenvalue weighted by atomic mass is 79.9. The number of anilines is 1. The summed E-state index contributed by atoms with van der Waals surface area (Å²) in [7, 11) is 1.68. The van der Waals surface area contributed by atoms with Crippen molar-refractivity contribution in [2.45, 2.75) is 10.1 Å². The van der Waals surface area contributed by atoms with Gasteiger partial charge in [-0.25, -0.2) is 19.3 Å². The first-order valence-electron chi connectivity index (χ1n) is 4.69. The molecule has 0 atom stereocenters. The lowest BCUT2D eigenvalue weighted by Gasteiger charge is -2.04. The summed E-state index contributed by atoms with van der Waals surface area (Å²) < 4.78 is 14.3. The molecule has 7 heteroatoms. The van der Waals surface area contributed by atoms with E-state index in [4.69, 9.17) is 0 Å². The van der Waals surface area contributed by atoms with E-state index >= 15 is 0 Å². The van der Waals surface area contributed by atoms with Gasteiger partial charge in [-0.1, -0.05) is 0 Å². The Kier molecular flexibility index (Phi) is 3.90. The Balaban J connectivity index is 2.32. The van der Waals surface area contributed by atoms with Crippen LogP contribution in [0, 0.1) is 5.82 Å². The van der Waals surface area contributed by atoms with Gasteiger partial charge in [0.25, 0.3) is 0 Å². The topological polar surface area (TPSA) is 50.7 Å². The fraction of sp³-hybridized carbons (Fsp3) is 0.100. The highest BCUT2D eigenvalue weighted by Crippen LogP contribution is 2.31. The molecule has 0 bridgehead atoms. The molecule has 2 heterocycles. The quantitative estimate of drug-likeness (QED) is 0.883. The second-order valence-electron chi connectivity index (χ2n) is 2.99. The molecule has 2 rings (SSSR count). The second-order valence-corrected chi connectivity index (χ2v) is 4.82. The number of halogens is 2. The monoisotopic (exact) mass is 314 g/mol. The lowest BCUT2D eigenvalue weighted by atomic mass is 10.5. The van der Waals surface area contributed by atoms with E-state index in [0.29, 0.717) is 11.0 Å². The minimum Gasteiger partial charge on any atom is -0.357 e. The maximum atomic E-state index is 13.5. The number of pyridine rings is 1. The fourth-order valence-corrected chi connectivity index (χ4v) is 2.32. The van der Waals surface area contributed by atoms with Crippen molar-refractivity contribution in [1.82, 2.24) is 15.0 Å².